The average Bonchev–Trinajstić information content (AvgIpc) is 3.94. The van der Waals surface area contributed by atoms with Crippen molar-refractivity contribution in [1.82, 2.24) is 10.2 Å². The molecule has 254 valence electrons. The van der Waals surface area contributed by atoms with Crippen molar-refractivity contribution in [2.75, 3.05) is 20.8 Å². The van der Waals surface area contributed by atoms with E-state index in [2.05, 4.69) is 17.4 Å². The molecule has 6 rings (SSSR count). The van der Waals surface area contributed by atoms with Crippen molar-refractivity contribution >= 4 is 29.1 Å². The number of rotatable bonds is 12. The molecular weight excluding hydrogens is 638 g/mol. The quantitative estimate of drug-likeness (QED) is 0.124. The maximum Gasteiger partial charge on any atom is 0.308 e. The molecule has 10 heteroatoms. The Bertz CT molecular complexity index is 1710. The first-order valence-electron chi connectivity index (χ1n) is 16.5. The highest BCUT2D eigenvalue weighted by Gasteiger charge is 2.44. The van der Waals surface area contributed by atoms with Crippen LogP contribution in [-0.4, -0.2) is 55.7 Å². The molecule has 0 spiro atoms. The molecule has 2 bridgehead atoms. The number of piperidine rings is 1. The lowest BCUT2D eigenvalue weighted by Gasteiger charge is -2.42. The highest BCUT2D eigenvalue weighted by atomic mass is 35.5. The Morgan fingerprint density at radius 1 is 1.00 bits per heavy atom. The summed E-state index contributed by atoms with van der Waals surface area (Å²) in [5, 5.41) is 3.30. The van der Waals surface area contributed by atoms with Gasteiger partial charge < -0.3 is 24.4 Å². The third kappa shape index (κ3) is 7.22. The molecule has 48 heavy (non-hydrogen) atoms. The first kappa shape index (κ1) is 33.9. The summed E-state index contributed by atoms with van der Waals surface area (Å²) in [6.45, 7) is 2.67. The summed E-state index contributed by atoms with van der Waals surface area (Å²) in [6, 6.07) is 16.0. The van der Waals surface area contributed by atoms with E-state index in [4.69, 9.17) is 25.8 Å². The summed E-state index contributed by atoms with van der Waals surface area (Å²) in [5.74, 6) is -1.41. The van der Waals surface area contributed by atoms with E-state index in [1.54, 1.807) is 7.11 Å². The van der Waals surface area contributed by atoms with E-state index in [9.17, 15) is 18.4 Å². The summed E-state index contributed by atoms with van der Waals surface area (Å²) < 4.78 is 44.0. The Balaban J connectivity index is 1.25. The predicted octanol–water partition coefficient (Wildman–Crippen LogP) is 7.21. The molecule has 1 amide bonds. The van der Waals surface area contributed by atoms with Crippen molar-refractivity contribution in [3.8, 4) is 11.5 Å². The maximum atomic E-state index is 14.7. The number of nitrogens with one attached hydrogen (secondary N) is 1. The van der Waals surface area contributed by atoms with Crippen molar-refractivity contribution in [3.05, 3.63) is 99.1 Å². The van der Waals surface area contributed by atoms with Crippen LogP contribution in [0, 0.1) is 24.5 Å². The lowest BCUT2D eigenvalue weighted by molar-refractivity contribution is -0.147. The Morgan fingerprint density at radius 2 is 1.75 bits per heavy atom. The maximum absolute atomic E-state index is 14.7. The van der Waals surface area contributed by atoms with Gasteiger partial charge in [-0.2, -0.15) is 0 Å². The Labute approximate surface area is 285 Å². The van der Waals surface area contributed by atoms with Crippen molar-refractivity contribution in [2.45, 2.75) is 76.5 Å². The number of fused-ring (bicyclic) bond motifs is 2. The van der Waals surface area contributed by atoms with Crippen molar-refractivity contribution in [3.63, 3.8) is 0 Å². The van der Waals surface area contributed by atoms with Gasteiger partial charge in [-0.25, -0.2) is 8.78 Å². The van der Waals surface area contributed by atoms with E-state index in [0.29, 0.717) is 38.6 Å². The fraction of sp³-hybridized carbons (Fsp3) is 0.421. The zero-order valence-corrected chi connectivity index (χ0v) is 28.2. The minimum absolute atomic E-state index is 0.000604. The molecule has 3 atom stereocenters. The zero-order chi connectivity index (χ0) is 33.9. The molecule has 0 radical (unpaired) electrons. The molecule has 1 N–H and O–H groups in total. The third-order valence-electron chi connectivity index (χ3n) is 9.78. The molecule has 1 saturated heterocycles. The van der Waals surface area contributed by atoms with Crippen LogP contribution in [0.15, 0.2) is 60.2 Å². The Morgan fingerprint density at radius 3 is 2.46 bits per heavy atom. The molecule has 1 saturated carbocycles. The number of esters is 1. The van der Waals surface area contributed by atoms with Gasteiger partial charge in [0.1, 0.15) is 16.6 Å². The number of carbonyl (C=O) groups is 2. The van der Waals surface area contributed by atoms with Crippen LogP contribution in [-0.2, 0) is 27.3 Å². The second-order valence-electron chi connectivity index (χ2n) is 12.9. The monoisotopic (exact) mass is 678 g/mol. The van der Waals surface area contributed by atoms with Gasteiger partial charge in [-0.05, 0) is 97.9 Å². The number of methoxy groups -OCH3 is 2. The van der Waals surface area contributed by atoms with Crippen LogP contribution >= 0.6 is 11.6 Å². The Kier molecular flexibility index (Phi) is 10.4. The lowest BCUT2D eigenvalue weighted by Crippen LogP contribution is -2.54. The number of benzene rings is 3. The Hall–Kier alpha value is -3.95. The number of aryl methyl sites for hydroxylation is 1. The number of nitrogens with zero attached hydrogens (tertiary/aromatic N) is 1. The van der Waals surface area contributed by atoms with Gasteiger partial charge in [0.15, 0.2) is 11.6 Å². The molecule has 2 heterocycles. The summed E-state index contributed by atoms with van der Waals surface area (Å²) in [5.41, 5.74) is 5.83. The van der Waals surface area contributed by atoms with E-state index in [0.717, 1.165) is 64.1 Å². The number of hydrogen-bond acceptors (Lipinski definition) is 6. The molecule has 7 nitrogen and oxygen atoms in total. The normalized spacial score (nSPS) is 20.3. The number of halogens is 3. The van der Waals surface area contributed by atoms with Gasteiger partial charge in [-0.1, -0.05) is 48.0 Å². The van der Waals surface area contributed by atoms with Crippen molar-refractivity contribution < 1.29 is 32.6 Å². The van der Waals surface area contributed by atoms with Gasteiger partial charge in [-0.3, -0.25) is 9.59 Å². The summed E-state index contributed by atoms with van der Waals surface area (Å²) in [6.07, 6.45) is 4.91. The van der Waals surface area contributed by atoms with Crippen LogP contribution in [0.4, 0.5) is 8.78 Å². The van der Waals surface area contributed by atoms with Crippen molar-refractivity contribution in [2.24, 2.45) is 5.92 Å². The molecule has 3 aromatic carbocycles. The topological polar surface area (TPSA) is 77.1 Å². The molecule has 0 aromatic heterocycles. The van der Waals surface area contributed by atoms with E-state index < -0.39 is 11.6 Å². The molecular formula is C38H41ClF2N2O5. The zero-order valence-electron chi connectivity index (χ0n) is 27.5. The predicted molar refractivity (Wildman–Crippen MR) is 180 cm³/mol. The molecule has 2 unspecified atom stereocenters. The summed E-state index contributed by atoms with van der Waals surface area (Å²) in [7, 11) is 3.07. The second kappa shape index (κ2) is 14.7. The minimum atomic E-state index is -0.727. The standard InChI is InChI=1S/C38H41ClF2N2O5/c1-22-25(7-4-8-33(22)46-2)21-43(28-13-14-28)37(44)34-29(20-27-18-26(38(45)47-3)19-32(34)42-27)24-11-9-23(10-12-24)6-5-17-48-36-31(41)16-15-30(40)35(36)39/h4,7-12,15-16,26-28,32,42H,5-6,13-14,17-21H2,1-3H3/t26?,27?,32-/m0/s1. The van der Waals surface area contributed by atoms with Gasteiger partial charge in [0, 0.05) is 30.2 Å². The van der Waals surface area contributed by atoms with Crippen LogP contribution in [0.2, 0.25) is 5.02 Å². The average molecular weight is 679 g/mol. The first-order chi connectivity index (χ1) is 23.2. The molecule has 2 fully saturated rings. The first-order valence-corrected chi connectivity index (χ1v) is 16.9. The SMILES string of the molecule is COC(=O)C1CC2CC(c3ccc(CCCOc4c(F)ccc(F)c4Cl)cc3)=C(C(=O)N(Cc3cccc(OC)c3C)C3CC3)[C@H](C1)N2. The summed E-state index contributed by atoms with van der Waals surface area (Å²) in [4.78, 5) is 29.4. The third-order valence-corrected chi connectivity index (χ3v) is 10.1. The minimum Gasteiger partial charge on any atom is -0.496 e. The van der Waals surface area contributed by atoms with E-state index >= 15 is 0 Å². The number of hydrogen-bond donors (Lipinski definition) is 1. The smallest absolute Gasteiger partial charge is 0.308 e. The fourth-order valence-electron chi connectivity index (χ4n) is 7.07. The van der Waals surface area contributed by atoms with Crippen molar-refractivity contribution in [1.29, 1.82) is 0 Å². The van der Waals surface area contributed by atoms with Gasteiger partial charge in [0.05, 0.1) is 26.7 Å². The number of amides is 1. The van der Waals surface area contributed by atoms with Crippen LogP contribution in [0.1, 0.15) is 60.8 Å². The molecule has 3 aliphatic rings. The van der Waals surface area contributed by atoms with E-state index in [-0.39, 0.29) is 53.3 Å². The molecule has 1 aliphatic carbocycles. The van der Waals surface area contributed by atoms with Crippen LogP contribution in [0.5, 0.6) is 11.5 Å². The lowest BCUT2D eigenvalue weighted by atomic mass is 9.74. The molecule has 2 aliphatic heterocycles. The second-order valence-corrected chi connectivity index (χ2v) is 13.3. The van der Waals surface area contributed by atoms with Gasteiger partial charge >= 0.3 is 5.97 Å². The highest BCUT2D eigenvalue weighted by Crippen LogP contribution is 2.41. The van der Waals surface area contributed by atoms with Crippen LogP contribution in [0.25, 0.3) is 5.57 Å². The van der Waals surface area contributed by atoms with Crippen LogP contribution in [0.3, 0.4) is 0 Å². The van der Waals surface area contributed by atoms with Gasteiger partial charge in [-0.15, -0.1) is 0 Å². The molecule has 3 aromatic rings. The van der Waals surface area contributed by atoms with Crippen LogP contribution < -0.4 is 14.8 Å². The fourth-order valence-corrected chi connectivity index (χ4v) is 7.28. The van der Waals surface area contributed by atoms with Gasteiger partial charge in [0.2, 0.25) is 0 Å². The van der Waals surface area contributed by atoms with E-state index in [1.165, 1.54) is 7.11 Å². The van der Waals surface area contributed by atoms with E-state index in [1.807, 2.05) is 42.2 Å². The summed E-state index contributed by atoms with van der Waals surface area (Å²) >= 11 is 5.88. The van der Waals surface area contributed by atoms with Gasteiger partial charge in [0.25, 0.3) is 5.91 Å². The highest BCUT2D eigenvalue weighted by molar-refractivity contribution is 6.32. The largest absolute Gasteiger partial charge is 0.496 e. The number of ether oxygens (including phenoxy) is 3. The number of carbonyl (C=O) groups excluding carboxylic acids is 2.